The fourth-order valence-electron chi connectivity index (χ4n) is 2.15. The van der Waals surface area contributed by atoms with Crippen LogP contribution in [-0.4, -0.2) is 11.0 Å². The quantitative estimate of drug-likeness (QED) is 0.836. The van der Waals surface area contributed by atoms with Gasteiger partial charge in [0, 0.05) is 29.2 Å². The molecule has 0 spiro atoms. The van der Waals surface area contributed by atoms with Crippen LogP contribution in [0.15, 0.2) is 12.1 Å². The maximum absolute atomic E-state index is 13.5. The molecule has 0 atom stereocenters. The van der Waals surface area contributed by atoms with Gasteiger partial charge in [-0.15, -0.1) is 0 Å². The molecule has 2 nitrogen and oxygen atoms in total. The van der Waals surface area contributed by atoms with Crippen molar-refractivity contribution in [3.05, 3.63) is 34.8 Å². The highest BCUT2D eigenvalue weighted by atomic mass is 19.1. The molecule has 2 aromatic rings. The van der Waals surface area contributed by atoms with Gasteiger partial charge in [0.1, 0.15) is 5.82 Å². The van der Waals surface area contributed by atoms with Gasteiger partial charge in [-0.1, -0.05) is 13.8 Å². The van der Waals surface area contributed by atoms with E-state index in [0.29, 0.717) is 6.04 Å². The minimum atomic E-state index is -0.167. The van der Waals surface area contributed by atoms with Crippen LogP contribution in [0.25, 0.3) is 10.9 Å². The first kappa shape index (κ1) is 12.1. The van der Waals surface area contributed by atoms with E-state index in [0.717, 1.165) is 34.3 Å². The van der Waals surface area contributed by atoms with Crippen molar-refractivity contribution >= 4 is 10.9 Å². The Kier molecular flexibility index (Phi) is 3.20. The van der Waals surface area contributed by atoms with Gasteiger partial charge in [0.05, 0.1) is 0 Å². The molecule has 0 aliphatic rings. The highest BCUT2D eigenvalue weighted by Crippen LogP contribution is 2.25. The van der Waals surface area contributed by atoms with E-state index in [1.54, 1.807) is 12.1 Å². The Bertz CT molecular complexity index is 541. The van der Waals surface area contributed by atoms with Crippen molar-refractivity contribution < 1.29 is 4.39 Å². The lowest BCUT2D eigenvalue weighted by Crippen LogP contribution is -2.22. The van der Waals surface area contributed by atoms with E-state index in [-0.39, 0.29) is 5.82 Å². The molecule has 0 aliphatic heterocycles. The molecule has 3 heteroatoms. The fraction of sp³-hybridized carbons (Fsp3) is 0.429. The Morgan fingerprint density at radius 3 is 2.65 bits per heavy atom. The van der Waals surface area contributed by atoms with Crippen molar-refractivity contribution in [2.75, 3.05) is 0 Å². The first-order valence-electron chi connectivity index (χ1n) is 5.99. The van der Waals surface area contributed by atoms with E-state index in [9.17, 15) is 4.39 Å². The van der Waals surface area contributed by atoms with Crippen LogP contribution in [0.2, 0.25) is 0 Å². The zero-order chi connectivity index (χ0) is 12.6. The minimum absolute atomic E-state index is 0.167. The molecular weight excluding hydrogens is 215 g/mol. The number of H-pyrrole nitrogens is 1. The summed E-state index contributed by atoms with van der Waals surface area (Å²) in [5.74, 6) is -0.167. The van der Waals surface area contributed by atoms with E-state index >= 15 is 0 Å². The van der Waals surface area contributed by atoms with Crippen molar-refractivity contribution in [2.45, 2.75) is 40.3 Å². The molecule has 1 heterocycles. The molecule has 0 amide bonds. The van der Waals surface area contributed by atoms with Gasteiger partial charge in [0.15, 0.2) is 0 Å². The Labute approximate surface area is 101 Å². The number of hydrogen-bond acceptors (Lipinski definition) is 1. The monoisotopic (exact) mass is 234 g/mol. The first-order chi connectivity index (χ1) is 7.99. The fourth-order valence-corrected chi connectivity index (χ4v) is 2.15. The summed E-state index contributed by atoms with van der Waals surface area (Å²) in [7, 11) is 0. The Morgan fingerprint density at radius 1 is 1.29 bits per heavy atom. The Balaban J connectivity index is 2.50. The summed E-state index contributed by atoms with van der Waals surface area (Å²) in [5, 5.41) is 4.37. The molecule has 1 aromatic heterocycles. The zero-order valence-corrected chi connectivity index (χ0v) is 10.8. The summed E-state index contributed by atoms with van der Waals surface area (Å²) < 4.78 is 13.5. The third-order valence-electron chi connectivity index (χ3n) is 3.08. The van der Waals surface area contributed by atoms with Gasteiger partial charge in [-0.2, -0.15) is 0 Å². The van der Waals surface area contributed by atoms with Gasteiger partial charge in [0.25, 0.3) is 0 Å². The SMILES string of the molecule is Cc1[nH]c2c(C)cc(F)cc2c1CNC(C)C. The summed E-state index contributed by atoms with van der Waals surface area (Å²) in [6.07, 6.45) is 0. The highest BCUT2D eigenvalue weighted by Gasteiger charge is 2.11. The maximum atomic E-state index is 13.5. The average molecular weight is 234 g/mol. The largest absolute Gasteiger partial charge is 0.358 e. The van der Waals surface area contributed by atoms with Crippen LogP contribution in [0.4, 0.5) is 4.39 Å². The van der Waals surface area contributed by atoms with E-state index in [1.807, 2.05) is 13.8 Å². The van der Waals surface area contributed by atoms with E-state index in [1.165, 1.54) is 0 Å². The number of benzene rings is 1. The van der Waals surface area contributed by atoms with Crippen molar-refractivity contribution in [3.8, 4) is 0 Å². The van der Waals surface area contributed by atoms with Crippen LogP contribution >= 0.6 is 0 Å². The normalized spacial score (nSPS) is 11.6. The standard InChI is InChI=1S/C14H19FN2/c1-8(2)16-7-13-10(4)17-14-9(3)5-11(15)6-12(13)14/h5-6,8,16-17H,7H2,1-4H3. The van der Waals surface area contributed by atoms with E-state index in [2.05, 4.69) is 24.1 Å². The van der Waals surface area contributed by atoms with Gasteiger partial charge in [-0.05, 0) is 37.1 Å². The van der Waals surface area contributed by atoms with Gasteiger partial charge in [-0.3, -0.25) is 0 Å². The first-order valence-corrected chi connectivity index (χ1v) is 5.99. The van der Waals surface area contributed by atoms with Crippen LogP contribution in [0.1, 0.15) is 30.7 Å². The van der Waals surface area contributed by atoms with Gasteiger partial charge in [-0.25, -0.2) is 4.39 Å². The second-order valence-electron chi connectivity index (χ2n) is 4.91. The molecule has 0 unspecified atom stereocenters. The van der Waals surface area contributed by atoms with Gasteiger partial charge in [0.2, 0.25) is 0 Å². The molecule has 2 N–H and O–H groups in total. The third kappa shape index (κ3) is 2.34. The second-order valence-corrected chi connectivity index (χ2v) is 4.91. The molecular formula is C14H19FN2. The van der Waals surface area contributed by atoms with Crippen LogP contribution < -0.4 is 5.32 Å². The molecule has 1 aromatic carbocycles. The number of nitrogens with one attached hydrogen (secondary N) is 2. The summed E-state index contributed by atoms with van der Waals surface area (Å²) >= 11 is 0. The molecule has 0 fully saturated rings. The predicted octanol–water partition coefficient (Wildman–Crippen LogP) is 3.42. The van der Waals surface area contributed by atoms with Crippen molar-refractivity contribution in [1.29, 1.82) is 0 Å². The summed E-state index contributed by atoms with van der Waals surface area (Å²) in [6, 6.07) is 3.61. The summed E-state index contributed by atoms with van der Waals surface area (Å²) in [4.78, 5) is 3.34. The number of aromatic nitrogens is 1. The molecule has 0 aliphatic carbocycles. The van der Waals surface area contributed by atoms with E-state index < -0.39 is 0 Å². The number of hydrogen-bond donors (Lipinski definition) is 2. The molecule has 0 saturated heterocycles. The molecule has 2 rings (SSSR count). The average Bonchev–Trinajstić information content (AvgIpc) is 2.52. The number of aryl methyl sites for hydroxylation is 2. The third-order valence-corrected chi connectivity index (χ3v) is 3.08. The highest BCUT2D eigenvalue weighted by molar-refractivity contribution is 5.87. The predicted molar refractivity (Wildman–Crippen MR) is 69.7 cm³/mol. The smallest absolute Gasteiger partial charge is 0.124 e. The summed E-state index contributed by atoms with van der Waals surface area (Å²) in [6.45, 7) is 8.95. The number of halogens is 1. The molecule has 17 heavy (non-hydrogen) atoms. The molecule has 0 bridgehead atoms. The van der Waals surface area contributed by atoms with Crippen LogP contribution in [0.3, 0.4) is 0 Å². The number of fused-ring (bicyclic) bond motifs is 1. The Hall–Kier alpha value is -1.35. The van der Waals surface area contributed by atoms with Crippen molar-refractivity contribution in [1.82, 2.24) is 10.3 Å². The topological polar surface area (TPSA) is 27.8 Å². The zero-order valence-electron chi connectivity index (χ0n) is 10.8. The maximum Gasteiger partial charge on any atom is 0.124 e. The van der Waals surface area contributed by atoms with Crippen molar-refractivity contribution in [2.24, 2.45) is 0 Å². The van der Waals surface area contributed by atoms with Gasteiger partial charge >= 0.3 is 0 Å². The van der Waals surface area contributed by atoms with Crippen molar-refractivity contribution in [3.63, 3.8) is 0 Å². The van der Waals surface area contributed by atoms with Crippen LogP contribution in [-0.2, 0) is 6.54 Å². The summed E-state index contributed by atoms with van der Waals surface area (Å²) in [5.41, 5.74) is 4.28. The van der Waals surface area contributed by atoms with Crippen LogP contribution in [0, 0.1) is 19.7 Å². The lowest BCUT2D eigenvalue weighted by atomic mass is 10.1. The molecule has 92 valence electrons. The number of aromatic amines is 1. The number of rotatable bonds is 3. The molecule has 0 radical (unpaired) electrons. The lowest BCUT2D eigenvalue weighted by Gasteiger charge is -2.08. The molecule has 0 saturated carbocycles. The second kappa shape index (κ2) is 4.49. The van der Waals surface area contributed by atoms with Crippen LogP contribution in [0.5, 0.6) is 0 Å². The minimum Gasteiger partial charge on any atom is -0.358 e. The van der Waals surface area contributed by atoms with E-state index in [4.69, 9.17) is 0 Å². The lowest BCUT2D eigenvalue weighted by molar-refractivity contribution is 0.589. The van der Waals surface area contributed by atoms with Gasteiger partial charge < -0.3 is 10.3 Å². The Morgan fingerprint density at radius 2 is 2.00 bits per heavy atom.